The van der Waals surface area contributed by atoms with E-state index in [0.29, 0.717) is 6.04 Å². The van der Waals surface area contributed by atoms with Gasteiger partial charge < -0.3 is 5.32 Å². The number of hydrogen-bond donors (Lipinski definition) is 1. The molecule has 0 radical (unpaired) electrons. The van der Waals surface area contributed by atoms with E-state index in [4.69, 9.17) is 0 Å². The number of likely N-dealkylation sites (N-methyl/N-ethyl adjacent to an activating group) is 1. The molecule has 1 unspecified atom stereocenters. The molecular weight excluding hydrogens is 310 g/mol. The van der Waals surface area contributed by atoms with E-state index in [1.54, 1.807) is 0 Å². The van der Waals surface area contributed by atoms with E-state index in [1.165, 1.54) is 16.7 Å². The van der Waals surface area contributed by atoms with Crippen molar-refractivity contribution < 1.29 is 0 Å². The second-order valence-corrected chi connectivity index (χ2v) is 5.96. The van der Waals surface area contributed by atoms with Crippen LogP contribution in [0.4, 0.5) is 0 Å². The lowest BCUT2D eigenvalue weighted by molar-refractivity contribution is 0.549. The van der Waals surface area contributed by atoms with Crippen molar-refractivity contribution in [1.29, 1.82) is 0 Å². The maximum absolute atomic E-state index is 3.59. The molecule has 2 aromatic carbocycles. The third-order valence-electron chi connectivity index (χ3n) is 3.57. The summed E-state index contributed by atoms with van der Waals surface area (Å²) in [5, 5.41) is 3.59. The fourth-order valence-corrected chi connectivity index (χ4v) is 2.89. The van der Waals surface area contributed by atoms with Crippen LogP contribution in [0.2, 0.25) is 0 Å². The molecule has 0 saturated heterocycles. The van der Waals surface area contributed by atoms with Crippen LogP contribution in [0.25, 0.3) is 0 Å². The van der Waals surface area contributed by atoms with Crippen molar-refractivity contribution in [3.8, 4) is 0 Å². The van der Waals surface area contributed by atoms with Gasteiger partial charge in [-0.3, -0.25) is 0 Å². The van der Waals surface area contributed by atoms with Gasteiger partial charge in [0.05, 0.1) is 0 Å². The van der Waals surface area contributed by atoms with Gasteiger partial charge >= 0.3 is 0 Å². The van der Waals surface area contributed by atoms with Gasteiger partial charge in [0.15, 0.2) is 0 Å². The molecule has 2 heteroatoms. The summed E-state index contributed by atoms with van der Waals surface area (Å²) in [6.45, 7) is 5.33. The van der Waals surface area contributed by atoms with Gasteiger partial charge in [-0.25, -0.2) is 0 Å². The number of halogens is 1. The Bertz CT molecular complexity index is 533. The third kappa shape index (κ3) is 4.19. The van der Waals surface area contributed by atoms with Crippen molar-refractivity contribution in [2.24, 2.45) is 0 Å². The maximum atomic E-state index is 3.59. The monoisotopic (exact) mass is 331 g/mol. The zero-order valence-corrected chi connectivity index (χ0v) is 13.8. The van der Waals surface area contributed by atoms with E-state index in [9.17, 15) is 0 Å². The number of nitrogens with one attached hydrogen (secondary N) is 1. The fourth-order valence-electron chi connectivity index (χ4n) is 2.44. The molecule has 0 heterocycles. The minimum absolute atomic E-state index is 0.375. The van der Waals surface area contributed by atoms with Gasteiger partial charge in [-0.15, -0.1) is 0 Å². The molecule has 0 aliphatic carbocycles. The Morgan fingerprint density at radius 2 is 1.75 bits per heavy atom. The normalized spacial score (nSPS) is 12.3. The Kier molecular flexibility index (Phi) is 5.81. The van der Waals surface area contributed by atoms with Gasteiger partial charge in [-0.05, 0) is 48.2 Å². The summed E-state index contributed by atoms with van der Waals surface area (Å²) >= 11 is 3.55. The van der Waals surface area contributed by atoms with Crippen LogP contribution in [0.5, 0.6) is 0 Å². The molecule has 1 N–H and O–H groups in total. The van der Waals surface area contributed by atoms with Crippen LogP contribution in [0.15, 0.2) is 53.0 Å². The first kappa shape index (κ1) is 15.3. The molecule has 0 saturated carbocycles. The first-order valence-corrected chi connectivity index (χ1v) is 8.09. The van der Waals surface area contributed by atoms with Gasteiger partial charge in [0.1, 0.15) is 0 Å². The maximum Gasteiger partial charge on any atom is 0.0360 e. The van der Waals surface area contributed by atoms with Crippen LogP contribution in [-0.2, 0) is 12.8 Å². The molecule has 2 rings (SSSR count). The van der Waals surface area contributed by atoms with E-state index in [2.05, 4.69) is 83.6 Å². The van der Waals surface area contributed by atoms with Crippen LogP contribution >= 0.6 is 15.9 Å². The van der Waals surface area contributed by atoms with Crippen LogP contribution in [0.1, 0.15) is 36.6 Å². The molecule has 0 aliphatic rings. The van der Waals surface area contributed by atoms with Crippen LogP contribution < -0.4 is 5.32 Å². The smallest absolute Gasteiger partial charge is 0.0360 e. The first-order chi connectivity index (χ1) is 9.72. The van der Waals surface area contributed by atoms with E-state index >= 15 is 0 Å². The highest BCUT2D eigenvalue weighted by Gasteiger charge is 2.11. The minimum Gasteiger partial charge on any atom is -0.310 e. The number of hydrogen-bond acceptors (Lipinski definition) is 1. The zero-order chi connectivity index (χ0) is 14.4. The van der Waals surface area contributed by atoms with Crippen molar-refractivity contribution in [2.45, 2.75) is 32.7 Å². The SMILES string of the molecule is CCNC(Cc1cccc(Br)c1)c1ccc(CC)cc1. The standard InChI is InChI=1S/C18H22BrN/c1-3-14-8-10-16(11-9-14)18(20-4-2)13-15-6-5-7-17(19)12-15/h5-12,18,20H,3-4,13H2,1-2H3. The Morgan fingerprint density at radius 3 is 2.35 bits per heavy atom. The Morgan fingerprint density at radius 1 is 1.00 bits per heavy atom. The third-order valence-corrected chi connectivity index (χ3v) is 4.06. The summed E-state index contributed by atoms with van der Waals surface area (Å²) < 4.78 is 1.14. The van der Waals surface area contributed by atoms with Gasteiger partial charge in [0, 0.05) is 10.5 Å². The quantitative estimate of drug-likeness (QED) is 0.793. The topological polar surface area (TPSA) is 12.0 Å². The summed E-state index contributed by atoms with van der Waals surface area (Å²) in [6.07, 6.45) is 2.11. The van der Waals surface area contributed by atoms with Gasteiger partial charge in [-0.2, -0.15) is 0 Å². The largest absolute Gasteiger partial charge is 0.310 e. The van der Waals surface area contributed by atoms with Crippen molar-refractivity contribution in [3.05, 3.63) is 69.7 Å². The molecule has 2 aromatic rings. The highest BCUT2D eigenvalue weighted by molar-refractivity contribution is 9.10. The van der Waals surface area contributed by atoms with Crippen molar-refractivity contribution >= 4 is 15.9 Å². The Labute approximate surface area is 130 Å². The second-order valence-electron chi connectivity index (χ2n) is 5.04. The number of aryl methyl sites for hydroxylation is 1. The van der Waals surface area contributed by atoms with Crippen LogP contribution in [0, 0.1) is 0 Å². The fraction of sp³-hybridized carbons (Fsp3) is 0.333. The minimum atomic E-state index is 0.375. The van der Waals surface area contributed by atoms with E-state index < -0.39 is 0 Å². The highest BCUT2D eigenvalue weighted by Crippen LogP contribution is 2.21. The van der Waals surface area contributed by atoms with E-state index in [-0.39, 0.29) is 0 Å². The number of rotatable bonds is 6. The predicted molar refractivity (Wildman–Crippen MR) is 90.1 cm³/mol. The Balaban J connectivity index is 2.17. The summed E-state index contributed by atoms with van der Waals surface area (Å²) in [5.41, 5.74) is 4.11. The molecule has 1 nitrogen and oxygen atoms in total. The molecule has 1 atom stereocenters. The lowest BCUT2D eigenvalue weighted by atomic mass is 9.97. The molecule has 106 valence electrons. The molecule has 0 fully saturated rings. The van der Waals surface area contributed by atoms with Gasteiger partial charge in [0.2, 0.25) is 0 Å². The molecular formula is C18H22BrN. The summed E-state index contributed by atoms with van der Waals surface area (Å²) in [4.78, 5) is 0. The Hall–Kier alpha value is -1.12. The molecule has 0 aromatic heterocycles. The second kappa shape index (κ2) is 7.61. The van der Waals surface area contributed by atoms with Crippen molar-refractivity contribution in [1.82, 2.24) is 5.32 Å². The molecule has 0 spiro atoms. The summed E-state index contributed by atoms with van der Waals surface area (Å²) in [5.74, 6) is 0. The number of benzene rings is 2. The average molecular weight is 332 g/mol. The van der Waals surface area contributed by atoms with Gasteiger partial charge in [0.25, 0.3) is 0 Å². The first-order valence-electron chi connectivity index (χ1n) is 7.29. The van der Waals surface area contributed by atoms with E-state index in [0.717, 1.165) is 23.9 Å². The van der Waals surface area contributed by atoms with Crippen LogP contribution in [-0.4, -0.2) is 6.54 Å². The lowest BCUT2D eigenvalue weighted by Gasteiger charge is -2.19. The molecule has 0 aliphatic heterocycles. The lowest BCUT2D eigenvalue weighted by Crippen LogP contribution is -2.22. The highest BCUT2D eigenvalue weighted by atomic mass is 79.9. The zero-order valence-electron chi connectivity index (χ0n) is 12.2. The summed E-state index contributed by atoms with van der Waals surface area (Å²) in [7, 11) is 0. The molecule has 0 amide bonds. The van der Waals surface area contributed by atoms with Gasteiger partial charge in [-0.1, -0.05) is 66.2 Å². The van der Waals surface area contributed by atoms with Crippen LogP contribution in [0.3, 0.4) is 0 Å². The van der Waals surface area contributed by atoms with E-state index in [1.807, 2.05) is 0 Å². The summed E-state index contributed by atoms with van der Waals surface area (Å²) in [6, 6.07) is 17.9. The van der Waals surface area contributed by atoms with Crippen molar-refractivity contribution in [2.75, 3.05) is 6.54 Å². The van der Waals surface area contributed by atoms with Crippen molar-refractivity contribution in [3.63, 3.8) is 0 Å². The molecule has 0 bridgehead atoms. The average Bonchev–Trinajstić information content (AvgIpc) is 2.47. The molecule has 20 heavy (non-hydrogen) atoms. The predicted octanol–water partition coefficient (Wildman–Crippen LogP) is 4.90.